The van der Waals surface area contributed by atoms with E-state index in [2.05, 4.69) is 15.5 Å². The Labute approximate surface area is 240 Å². The molecule has 2 aromatic carbocycles. The number of carbonyl (C=O) groups excluding carboxylic acids is 3. The predicted octanol–water partition coefficient (Wildman–Crippen LogP) is 3.39. The van der Waals surface area contributed by atoms with Crippen molar-refractivity contribution in [1.29, 1.82) is 0 Å². The van der Waals surface area contributed by atoms with Gasteiger partial charge in [0.1, 0.15) is 11.5 Å². The van der Waals surface area contributed by atoms with Crippen LogP contribution in [0, 0.1) is 6.92 Å². The second-order valence-electron chi connectivity index (χ2n) is 10.7. The van der Waals surface area contributed by atoms with Gasteiger partial charge in [-0.25, -0.2) is 0 Å². The third kappa shape index (κ3) is 6.77. The minimum atomic E-state index is -0.452. The first kappa shape index (κ1) is 28.4. The SMILES string of the molecule is CCc1[nH]nc(C(=O)N2CC[C@H]3OCc4cccc(c4)Oc4cccc(c4)CCC(=O)N(C)CC(=O)N[C@H]3C2)c1C. The molecule has 4 bridgehead atoms. The number of amides is 3. The van der Waals surface area contributed by atoms with Crippen LogP contribution in [-0.2, 0) is 33.8 Å². The summed E-state index contributed by atoms with van der Waals surface area (Å²) >= 11 is 0. The van der Waals surface area contributed by atoms with Crippen LogP contribution in [-0.4, -0.2) is 76.5 Å². The fraction of sp³-hybridized carbons (Fsp3) is 0.419. The van der Waals surface area contributed by atoms with Crippen molar-refractivity contribution in [2.24, 2.45) is 0 Å². The molecule has 0 spiro atoms. The van der Waals surface area contributed by atoms with Gasteiger partial charge in [-0.1, -0.05) is 31.2 Å². The highest BCUT2D eigenvalue weighted by Crippen LogP contribution is 2.25. The highest BCUT2D eigenvalue weighted by molar-refractivity contribution is 5.94. The Bertz CT molecular complexity index is 1420. The van der Waals surface area contributed by atoms with E-state index in [0.29, 0.717) is 43.2 Å². The molecule has 2 aliphatic rings. The van der Waals surface area contributed by atoms with Crippen molar-refractivity contribution in [1.82, 2.24) is 25.3 Å². The Morgan fingerprint density at radius 2 is 1.80 bits per heavy atom. The van der Waals surface area contributed by atoms with Crippen molar-refractivity contribution in [3.63, 3.8) is 0 Å². The maximum absolute atomic E-state index is 13.4. The third-order valence-electron chi connectivity index (χ3n) is 7.78. The first-order chi connectivity index (χ1) is 19.8. The highest BCUT2D eigenvalue weighted by atomic mass is 16.5. The molecule has 5 rings (SSSR count). The Morgan fingerprint density at radius 1 is 1.07 bits per heavy atom. The van der Waals surface area contributed by atoms with Crippen molar-refractivity contribution in [2.45, 2.75) is 58.3 Å². The molecule has 3 heterocycles. The van der Waals surface area contributed by atoms with Crippen molar-refractivity contribution >= 4 is 17.7 Å². The topological polar surface area (TPSA) is 117 Å². The zero-order chi connectivity index (χ0) is 28.9. The summed E-state index contributed by atoms with van der Waals surface area (Å²) in [6.07, 6.45) is 1.77. The average Bonchev–Trinajstić information content (AvgIpc) is 3.34. The second kappa shape index (κ2) is 12.6. The van der Waals surface area contributed by atoms with Crippen molar-refractivity contribution in [3.05, 3.63) is 76.6 Å². The van der Waals surface area contributed by atoms with Crippen LogP contribution in [0.2, 0.25) is 0 Å². The number of hydrogen-bond donors (Lipinski definition) is 2. The summed E-state index contributed by atoms with van der Waals surface area (Å²) < 4.78 is 12.5. The van der Waals surface area contributed by atoms with Crippen LogP contribution in [0.1, 0.15) is 52.6 Å². The van der Waals surface area contributed by atoms with Crippen LogP contribution in [0.4, 0.5) is 0 Å². The highest BCUT2D eigenvalue weighted by Gasteiger charge is 2.35. The monoisotopic (exact) mass is 559 g/mol. The average molecular weight is 560 g/mol. The molecule has 3 aromatic rings. The molecular weight excluding hydrogens is 522 g/mol. The summed E-state index contributed by atoms with van der Waals surface area (Å²) in [7, 11) is 1.63. The summed E-state index contributed by atoms with van der Waals surface area (Å²) in [5.74, 6) is 0.778. The first-order valence-corrected chi connectivity index (χ1v) is 14.1. The number of aromatic nitrogens is 2. The number of nitrogens with zero attached hydrogens (tertiary/aromatic N) is 3. The van der Waals surface area contributed by atoms with Crippen molar-refractivity contribution in [3.8, 4) is 11.5 Å². The van der Waals surface area contributed by atoms with Crippen LogP contribution >= 0.6 is 0 Å². The number of carbonyl (C=O) groups is 3. The normalized spacial score (nSPS) is 20.4. The number of piperidine rings is 1. The van der Waals surface area contributed by atoms with Gasteiger partial charge in [-0.05, 0) is 61.6 Å². The Balaban J connectivity index is 1.37. The largest absolute Gasteiger partial charge is 0.457 e. The zero-order valence-electron chi connectivity index (χ0n) is 23.8. The number of likely N-dealkylation sites (N-methyl/N-ethyl adjacent to an activating group) is 1. The molecule has 3 amide bonds. The molecule has 2 aliphatic heterocycles. The molecule has 1 aromatic heterocycles. The molecule has 0 radical (unpaired) electrons. The molecule has 2 atom stereocenters. The molecule has 216 valence electrons. The lowest BCUT2D eigenvalue weighted by atomic mass is 10.0. The molecule has 41 heavy (non-hydrogen) atoms. The quantitative estimate of drug-likeness (QED) is 0.497. The van der Waals surface area contributed by atoms with Crippen LogP contribution in [0.3, 0.4) is 0 Å². The maximum atomic E-state index is 13.4. The van der Waals surface area contributed by atoms with Crippen LogP contribution < -0.4 is 10.1 Å². The number of aromatic amines is 1. The van der Waals surface area contributed by atoms with Crippen molar-refractivity contribution in [2.75, 3.05) is 26.7 Å². The Morgan fingerprint density at radius 3 is 2.54 bits per heavy atom. The standard InChI is InChI=1S/C31H37N5O5/c1-4-25-20(2)30(34-33-25)31(39)36-14-13-27-26(17-36)32-28(37)18-35(3)29(38)12-11-21-7-5-9-23(15-21)41-24-10-6-8-22(16-24)19-40-27/h5-10,15-16,26-27H,4,11-14,17-19H2,1-3H3,(H,32,37)(H,33,34)/t26-,27+/m0/s1. The van der Waals surface area contributed by atoms with E-state index >= 15 is 0 Å². The molecule has 2 N–H and O–H groups in total. The fourth-order valence-electron chi connectivity index (χ4n) is 5.39. The number of benzene rings is 2. The molecule has 0 aliphatic carbocycles. The first-order valence-electron chi connectivity index (χ1n) is 14.1. The lowest BCUT2D eigenvalue weighted by Crippen LogP contribution is -2.58. The van der Waals surface area contributed by atoms with E-state index in [1.165, 1.54) is 4.90 Å². The van der Waals surface area contributed by atoms with Gasteiger partial charge in [0, 0.05) is 37.8 Å². The van der Waals surface area contributed by atoms with E-state index in [-0.39, 0.29) is 43.3 Å². The minimum Gasteiger partial charge on any atom is -0.457 e. The van der Waals surface area contributed by atoms with E-state index in [1.54, 1.807) is 11.9 Å². The molecule has 10 heteroatoms. The van der Waals surface area contributed by atoms with Crippen LogP contribution in [0.5, 0.6) is 11.5 Å². The number of fused-ring (bicyclic) bond motifs is 5. The van der Waals surface area contributed by atoms with E-state index in [1.807, 2.05) is 62.4 Å². The molecule has 1 fully saturated rings. The number of likely N-dealkylation sites (tertiary alicyclic amines) is 1. The maximum Gasteiger partial charge on any atom is 0.274 e. The zero-order valence-corrected chi connectivity index (χ0v) is 23.8. The van der Waals surface area contributed by atoms with Gasteiger partial charge in [-0.3, -0.25) is 19.5 Å². The van der Waals surface area contributed by atoms with Gasteiger partial charge in [-0.2, -0.15) is 5.10 Å². The van der Waals surface area contributed by atoms with E-state index in [9.17, 15) is 14.4 Å². The van der Waals surface area contributed by atoms with Crippen molar-refractivity contribution < 1.29 is 23.9 Å². The van der Waals surface area contributed by atoms with E-state index in [4.69, 9.17) is 9.47 Å². The van der Waals surface area contributed by atoms with Crippen LogP contribution in [0.15, 0.2) is 48.5 Å². The smallest absolute Gasteiger partial charge is 0.274 e. The predicted molar refractivity (Wildman–Crippen MR) is 153 cm³/mol. The molecule has 0 saturated carbocycles. The lowest BCUT2D eigenvalue weighted by molar-refractivity contribution is -0.135. The summed E-state index contributed by atoms with van der Waals surface area (Å²) in [5, 5.41) is 10.3. The summed E-state index contributed by atoms with van der Waals surface area (Å²) in [6, 6.07) is 14.9. The molecule has 1 saturated heterocycles. The number of aryl methyl sites for hydroxylation is 2. The molecule has 0 unspecified atom stereocenters. The molecular formula is C31H37N5O5. The van der Waals surface area contributed by atoms with Gasteiger partial charge in [-0.15, -0.1) is 0 Å². The lowest BCUT2D eigenvalue weighted by Gasteiger charge is -2.38. The van der Waals surface area contributed by atoms with Gasteiger partial charge < -0.3 is 24.6 Å². The van der Waals surface area contributed by atoms with Gasteiger partial charge in [0.25, 0.3) is 5.91 Å². The van der Waals surface area contributed by atoms with Gasteiger partial charge in [0.05, 0.1) is 25.3 Å². The Hall–Kier alpha value is -4.18. The number of H-pyrrole nitrogens is 1. The van der Waals surface area contributed by atoms with Gasteiger partial charge >= 0.3 is 0 Å². The van der Waals surface area contributed by atoms with E-state index in [0.717, 1.165) is 28.8 Å². The third-order valence-corrected chi connectivity index (χ3v) is 7.78. The number of ether oxygens (including phenoxy) is 2. The number of nitrogens with one attached hydrogen (secondary N) is 2. The summed E-state index contributed by atoms with van der Waals surface area (Å²) in [6.45, 7) is 4.89. The van der Waals surface area contributed by atoms with Gasteiger partial charge in [0.15, 0.2) is 5.69 Å². The summed E-state index contributed by atoms with van der Waals surface area (Å²) in [5.41, 5.74) is 4.09. The van der Waals surface area contributed by atoms with Crippen LogP contribution in [0.25, 0.3) is 0 Å². The Kier molecular flexibility index (Phi) is 8.68. The minimum absolute atomic E-state index is 0.0838. The van der Waals surface area contributed by atoms with Gasteiger partial charge in [0.2, 0.25) is 11.8 Å². The fourth-order valence-corrected chi connectivity index (χ4v) is 5.39. The molecule has 10 nitrogen and oxygen atoms in total. The second-order valence-corrected chi connectivity index (χ2v) is 10.7. The number of hydrogen-bond acceptors (Lipinski definition) is 6. The summed E-state index contributed by atoms with van der Waals surface area (Å²) in [4.78, 5) is 42.5. The number of rotatable bonds is 2. The van der Waals surface area contributed by atoms with E-state index < -0.39 is 6.04 Å².